The second kappa shape index (κ2) is 7.98. The number of hydrogen-bond acceptors (Lipinski definition) is 1. The van der Waals surface area contributed by atoms with Gasteiger partial charge >= 0.3 is 5.97 Å². The normalized spacial score (nSPS) is 20.2. The van der Waals surface area contributed by atoms with Crippen molar-refractivity contribution < 1.29 is 9.90 Å². The van der Waals surface area contributed by atoms with Gasteiger partial charge in [-0.05, 0) is 51.0 Å². The van der Waals surface area contributed by atoms with Gasteiger partial charge in [0, 0.05) is 5.57 Å². The molecule has 0 aliphatic heterocycles. The fourth-order valence-corrected chi connectivity index (χ4v) is 2.76. The van der Waals surface area contributed by atoms with E-state index in [1.54, 1.807) is 19.1 Å². The van der Waals surface area contributed by atoms with E-state index in [2.05, 4.69) is 39.8 Å². The van der Waals surface area contributed by atoms with Crippen molar-refractivity contribution in [1.29, 1.82) is 0 Å². The molecule has 0 aromatic heterocycles. The molecule has 0 bridgehead atoms. The lowest BCUT2D eigenvalue weighted by atomic mass is 9.72. The van der Waals surface area contributed by atoms with E-state index in [0.29, 0.717) is 5.57 Å². The zero-order chi connectivity index (χ0) is 16.8. The monoisotopic (exact) mass is 300 g/mol. The quantitative estimate of drug-likeness (QED) is 0.530. The molecule has 1 N–H and O–H groups in total. The first kappa shape index (κ1) is 18.2. The third kappa shape index (κ3) is 5.51. The first-order valence-corrected chi connectivity index (χ1v) is 7.87. The van der Waals surface area contributed by atoms with Gasteiger partial charge in [-0.25, -0.2) is 4.79 Å². The lowest BCUT2D eigenvalue weighted by molar-refractivity contribution is -0.132. The van der Waals surface area contributed by atoms with Gasteiger partial charge in [-0.1, -0.05) is 61.4 Å². The van der Waals surface area contributed by atoms with Crippen molar-refractivity contribution in [1.82, 2.24) is 0 Å². The van der Waals surface area contributed by atoms with Gasteiger partial charge in [0.1, 0.15) is 0 Å². The van der Waals surface area contributed by atoms with Gasteiger partial charge in [-0.15, -0.1) is 0 Å². The van der Waals surface area contributed by atoms with E-state index in [1.807, 2.05) is 12.2 Å². The van der Waals surface area contributed by atoms with Gasteiger partial charge < -0.3 is 5.11 Å². The minimum Gasteiger partial charge on any atom is -0.478 e. The first-order chi connectivity index (χ1) is 10.2. The summed E-state index contributed by atoms with van der Waals surface area (Å²) in [5.74, 6) is -0.882. The molecule has 0 unspecified atom stereocenters. The molecule has 2 nitrogen and oxygen atoms in total. The maximum absolute atomic E-state index is 10.7. The Morgan fingerprint density at radius 3 is 2.41 bits per heavy atom. The van der Waals surface area contributed by atoms with Crippen LogP contribution in [0.25, 0.3) is 0 Å². The van der Waals surface area contributed by atoms with Crippen molar-refractivity contribution in [3.63, 3.8) is 0 Å². The Kier molecular flexibility index (Phi) is 6.61. The fourth-order valence-electron chi connectivity index (χ4n) is 2.76. The van der Waals surface area contributed by atoms with Crippen molar-refractivity contribution >= 4 is 5.97 Å². The summed E-state index contributed by atoms with van der Waals surface area (Å²) in [4.78, 5) is 10.7. The lowest BCUT2D eigenvalue weighted by Gasteiger charge is -2.32. The molecule has 0 radical (unpaired) electrons. The van der Waals surface area contributed by atoms with Crippen LogP contribution in [0.5, 0.6) is 0 Å². The third-order valence-electron chi connectivity index (χ3n) is 4.21. The average molecular weight is 300 g/mol. The molecule has 0 aromatic carbocycles. The Balaban J connectivity index is 2.77. The van der Waals surface area contributed by atoms with Gasteiger partial charge in [-0.2, -0.15) is 0 Å². The van der Waals surface area contributed by atoms with Crippen molar-refractivity contribution in [2.24, 2.45) is 5.41 Å². The van der Waals surface area contributed by atoms with Crippen LogP contribution in [0, 0.1) is 5.41 Å². The third-order valence-corrected chi connectivity index (χ3v) is 4.21. The lowest BCUT2D eigenvalue weighted by Crippen LogP contribution is -2.19. The van der Waals surface area contributed by atoms with E-state index in [0.717, 1.165) is 5.57 Å². The number of allylic oxidation sites excluding steroid dienone is 9. The minimum atomic E-state index is -0.882. The van der Waals surface area contributed by atoms with Crippen LogP contribution in [0.1, 0.15) is 53.9 Å². The molecule has 1 rings (SSSR count). The molecule has 120 valence electrons. The summed E-state index contributed by atoms with van der Waals surface area (Å²) < 4.78 is 0. The van der Waals surface area contributed by atoms with Gasteiger partial charge in [0.05, 0.1) is 0 Å². The molecule has 0 atom stereocenters. The average Bonchev–Trinajstić information content (AvgIpc) is 2.41. The highest BCUT2D eigenvalue weighted by molar-refractivity contribution is 5.86. The molecular formula is C20H28O2. The van der Waals surface area contributed by atoms with Crippen LogP contribution in [0.2, 0.25) is 0 Å². The molecular weight excluding hydrogens is 272 g/mol. The predicted molar refractivity (Wildman–Crippen MR) is 93.8 cm³/mol. The molecule has 0 saturated carbocycles. The standard InChI is InChI=1S/C20H28O2/c1-15(9-6-7-10-17(3)19(21)22)12-13-18-16(2)11-8-14-20(18,4)5/h6-7,9-10,12-13H,8,11,14H2,1-5H3,(H,21,22). The van der Waals surface area contributed by atoms with Crippen molar-refractivity contribution in [3.05, 3.63) is 58.7 Å². The Morgan fingerprint density at radius 1 is 1.18 bits per heavy atom. The van der Waals surface area contributed by atoms with Gasteiger partial charge in [0.2, 0.25) is 0 Å². The fraction of sp³-hybridized carbons (Fsp3) is 0.450. The summed E-state index contributed by atoms with van der Waals surface area (Å²) in [5, 5.41) is 8.76. The van der Waals surface area contributed by atoms with E-state index in [9.17, 15) is 4.79 Å². The van der Waals surface area contributed by atoms with E-state index in [-0.39, 0.29) is 5.41 Å². The van der Waals surface area contributed by atoms with E-state index in [4.69, 9.17) is 5.11 Å². The summed E-state index contributed by atoms with van der Waals surface area (Å²) in [6.45, 7) is 10.5. The number of carboxylic acids is 1. The van der Waals surface area contributed by atoms with Crippen LogP contribution in [0.3, 0.4) is 0 Å². The minimum absolute atomic E-state index is 0.260. The Hall–Kier alpha value is -1.83. The largest absolute Gasteiger partial charge is 0.478 e. The maximum atomic E-state index is 10.7. The van der Waals surface area contributed by atoms with Crippen LogP contribution < -0.4 is 0 Å². The van der Waals surface area contributed by atoms with E-state index in [1.165, 1.54) is 30.4 Å². The number of carbonyl (C=O) groups is 1. The van der Waals surface area contributed by atoms with E-state index >= 15 is 0 Å². The van der Waals surface area contributed by atoms with Crippen LogP contribution in [0.4, 0.5) is 0 Å². The molecule has 0 spiro atoms. The summed E-state index contributed by atoms with van der Waals surface area (Å²) >= 11 is 0. The number of rotatable bonds is 5. The van der Waals surface area contributed by atoms with Gasteiger partial charge in [-0.3, -0.25) is 0 Å². The molecule has 2 heteroatoms. The highest BCUT2D eigenvalue weighted by atomic mass is 16.4. The molecule has 0 heterocycles. The molecule has 22 heavy (non-hydrogen) atoms. The molecule has 1 aliphatic rings. The topological polar surface area (TPSA) is 37.3 Å². The number of carboxylic acid groups (broad SMARTS) is 1. The Labute approximate surface area is 134 Å². The van der Waals surface area contributed by atoms with Crippen LogP contribution >= 0.6 is 0 Å². The Bertz CT molecular complexity index is 567. The zero-order valence-electron chi connectivity index (χ0n) is 14.4. The summed E-state index contributed by atoms with van der Waals surface area (Å²) in [6.07, 6.45) is 15.3. The summed E-state index contributed by atoms with van der Waals surface area (Å²) in [7, 11) is 0. The second-order valence-electron chi connectivity index (χ2n) is 6.72. The van der Waals surface area contributed by atoms with Crippen LogP contribution in [0.15, 0.2) is 58.7 Å². The van der Waals surface area contributed by atoms with Crippen LogP contribution in [-0.2, 0) is 4.79 Å². The highest BCUT2D eigenvalue weighted by Crippen LogP contribution is 2.40. The molecule has 0 fully saturated rings. The Morgan fingerprint density at radius 2 is 1.82 bits per heavy atom. The number of hydrogen-bond donors (Lipinski definition) is 1. The summed E-state index contributed by atoms with van der Waals surface area (Å²) in [5.41, 5.74) is 4.70. The zero-order valence-corrected chi connectivity index (χ0v) is 14.4. The maximum Gasteiger partial charge on any atom is 0.331 e. The smallest absolute Gasteiger partial charge is 0.331 e. The van der Waals surface area contributed by atoms with Crippen LogP contribution in [-0.4, -0.2) is 11.1 Å². The molecule has 0 amide bonds. The molecule has 0 saturated heterocycles. The first-order valence-electron chi connectivity index (χ1n) is 7.87. The predicted octanol–water partition coefficient (Wildman–Crippen LogP) is 5.60. The highest BCUT2D eigenvalue weighted by Gasteiger charge is 2.26. The number of aliphatic carboxylic acids is 1. The van der Waals surface area contributed by atoms with Crippen molar-refractivity contribution in [2.45, 2.75) is 53.9 Å². The SMILES string of the molecule is CC(C=CC1=C(C)CCCC1(C)C)=CC=CC=C(C)C(=O)O. The van der Waals surface area contributed by atoms with Gasteiger partial charge in [0.15, 0.2) is 0 Å². The second-order valence-corrected chi connectivity index (χ2v) is 6.72. The van der Waals surface area contributed by atoms with Crippen molar-refractivity contribution in [2.75, 3.05) is 0 Å². The molecule has 1 aliphatic carbocycles. The van der Waals surface area contributed by atoms with Crippen molar-refractivity contribution in [3.8, 4) is 0 Å². The van der Waals surface area contributed by atoms with Gasteiger partial charge in [0.25, 0.3) is 0 Å². The summed E-state index contributed by atoms with van der Waals surface area (Å²) in [6, 6.07) is 0. The van der Waals surface area contributed by atoms with E-state index < -0.39 is 5.97 Å². The molecule has 0 aromatic rings.